The summed E-state index contributed by atoms with van der Waals surface area (Å²) in [5.41, 5.74) is 2.70. The van der Waals surface area contributed by atoms with Crippen molar-refractivity contribution >= 4 is 0 Å². The molecule has 2 nitrogen and oxygen atoms in total. The summed E-state index contributed by atoms with van der Waals surface area (Å²) < 4.78 is 0. The predicted molar refractivity (Wildman–Crippen MR) is 67.7 cm³/mol. The highest BCUT2D eigenvalue weighted by atomic mass is 15.4. The van der Waals surface area contributed by atoms with Gasteiger partial charge < -0.3 is 9.80 Å². The van der Waals surface area contributed by atoms with Crippen molar-refractivity contribution in [3.63, 3.8) is 0 Å². The second kappa shape index (κ2) is 4.60. The first-order valence-electron chi connectivity index (χ1n) is 5.92. The van der Waals surface area contributed by atoms with Crippen LogP contribution in [0.3, 0.4) is 0 Å². The van der Waals surface area contributed by atoms with Gasteiger partial charge in [-0.1, -0.05) is 36.8 Å². The Hall–Kier alpha value is -1.44. The lowest BCUT2D eigenvalue weighted by Gasteiger charge is -2.29. The maximum absolute atomic E-state index is 2.39. The molecule has 1 atom stereocenters. The van der Waals surface area contributed by atoms with Gasteiger partial charge in [0.05, 0.1) is 0 Å². The molecule has 0 saturated carbocycles. The molecule has 2 heteroatoms. The first-order valence-corrected chi connectivity index (χ1v) is 5.92. The molecule has 0 spiro atoms. The lowest BCUT2D eigenvalue weighted by Crippen LogP contribution is -2.35. The molecule has 1 heterocycles. The molecule has 1 aliphatic heterocycles. The average Bonchev–Trinajstić information content (AvgIpc) is 2.63. The predicted octanol–water partition coefficient (Wildman–Crippen LogP) is 2.95. The molecule has 2 rings (SSSR count). The summed E-state index contributed by atoms with van der Waals surface area (Å²) in [5, 5.41) is 0. The molecule has 0 bridgehead atoms. The van der Waals surface area contributed by atoms with Gasteiger partial charge in [0.25, 0.3) is 0 Å². The molecule has 0 fully saturated rings. The fourth-order valence-corrected chi connectivity index (χ4v) is 2.21. The van der Waals surface area contributed by atoms with Crippen molar-refractivity contribution in [1.29, 1.82) is 0 Å². The molecule has 86 valence electrons. The highest BCUT2D eigenvalue weighted by Crippen LogP contribution is 2.19. The van der Waals surface area contributed by atoms with Crippen LogP contribution >= 0.6 is 0 Å². The molecular formula is C14H20N2. The van der Waals surface area contributed by atoms with E-state index in [2.05, 4.69) is 67.4 Å². The molecule has 0 aromatic heterocycles. The Morgan fingerprint density at radius 1 is 1.12 bits per heavy atom. The maximum atomic E-state index is 2.39. The van der Waals surface area contributed by atoms with Crippen molar-refractivity contribution in [1.82, 2.24) is 9.80 Å². The molecule has 0 N–H and O–H groups in total. The van der Waals surface area contributed by atoms with Gasteiger partial charge >= 0.3 is 0 Å². The van der Waals surface area contributed by atoms with Gasteiger partial charge in [-0.3, -0.25) is 0 Å². The molecule has 16 heavy (non-hydrogen) atoms. The number of aryl methyl sites for hydroxylation is 1. The minimum Gasteiger partial charge on any atom is -0.359 e. The maximum Gasteiger partial charge on any atom is 0.100 e. The van der Waals surface area contributed by atoms with Crippen LogP contribution in [0.15, 0.2) is 36.7 Å². The van der Waals surface area contributed by atoms with E-state index in [1.165, 1.54) is 11.1 Å². The Morgan fingerprint density at radius 3 is 2.44 bits per heavy atom. The molecule has 0 aliphatic carbocycles. The third kappa shape index (κ3) is 2.21. The Balaban J connectivity index is 2.05. The van der Waals surface area contributed by atoms with Crippen molar-refractivity contribution in [2.75, 3.05) is 7.05 Å². The summed E-state index contributed by atoms with van der Waals surface area (Å²) in [6.07, 6.45) is 6.01. The zero-order valence-corrected chi connectivity index (χ0v) is 10.4. The van der Waals surface area contributed by atoms with E-state index in [4.69, 9.17) is 0 Å². The van der Waals surface area contributed by atoms with E-state index in [0.29, 0.717) is 6.17 Å². The Bertz CT molecular complexity index is 367. The van der Waals surface area contributed by atoms with Crippen molar-refractivity contribution in [2.45, 2.75) is 33.0 Å². The Labute approximate surface area is 98.2 Å². The van der Waals surface area contributed by atoms with Crippen LogP contribution in [0.2, 0.25) is 0 Å². The topological polar surface area (TPSA) is 6.48 Å². The van der Waals surface area contributed by atoms with Gasteiger partial charge in [0.2, 0.25) is 0 Å². The lowest BCUT2D eigenvalue weighted by atomic mass is 10.1. The quantitative estimate of drug-likeness (QED) is 0.766. The highest BCUT2D eigenvalue weighted by molar-refractivity contribution is 5.21. The molecule has 0 radical (unpaired) electrons. The Kier molecular flexibility index (Phi) is 3.18. The minimum absolute atomic E-state index is 0.515. The number of hydrogen-bond donors (Lipinski definition) is 0. The van der Waals surface area contributed by atoms with E-state index in [0.717, 1.165) is 13.0 Å². The van der Waals surface area contributed by atoms with Crippen LogP contribution in [0.1, 0.15) is 24.5 Å². The first-order chi connectivity index (χ1) is 7.70. The molecule has 0 saturated heterocycles. The second-order valence-corrected chi connectivity index (χ2v) is 4.51. The van der Waals surface area contributed by atoms with Crippen molar-refractivity contribution < 1.29 is 0 Å². The van der Waals surface area contributed by atoms with Crippen LogP contribution in [0.5, 0.6) is 0 Å². The van der Waals surface area contributed by atoms with Crippen molar-refractivity contribution in [3.8, 4) is 0 Å². The monoisotopic (exact) mass is 216 g/mol. The standard InChI is InChI=1S/C14H20N2/c1-4-14-15(3)9-10-16(14)11-13-7-5-12(2)6-8-13/h5-10,14H,4,11H2,1-3H3. The number of hydrogen-bond acceptors (Lipinski definition) is 2. The van der Waals surface area contributed by atoms with Crippen LogP contribution in [0.4, 0.5) is 0 Å². The van der Waals surface area contributed by atoms with Crippen LogP contribution < -0.4 is 0 Å². The summed E-state index contributed by atoms with van der Waals surface area (Å²) in [4.78, 5) is 4.67. The number of nitrogens with zero attached hydrogens (tertiary/aromatic N) is 2. The third-order valence-electron chi connectivity index (χ3n) is 3.20. The highest BCUT2D eigenvalue weighted by Gasteiger charge is 2.21. The van der Waals surface area contributed by atoms with E-state index < -0.39 is 0 Å². The SMILES string of the molecule is CCC1N(C)C=CN1Cc1ccc(C)cc1. The van der Waals surface area contributed by atoms with Crippen LogP contribution in [-0.4, -0.2) is 23.0 Å². The molecular weight excluding hydrogens is 196 g/mol. The molecule has 1 unspecified atom stereocenters. The van der Waals surface area contributed by atoms with E-state index in [9.17, 15) is 0 Å². The molecule has 1 aromatic rings. The fourth-order valence-electron chi connectivity index (χ4n) is 2.21. The summed E-state index contributed by atoms with van der Waals surface area (Å²) in [6, 6.07) is 8.79. The van der Waals surface area contributed by atoms with E-state index in [1.807, 2.05) is 0 Å². The fraction of sp³-hybridized carbons (Fsp3) is 0.429. The number of benzene rings is 1. The zero-order chi connectivity index (χ0) is 11.5. The van der Waals surface area contributed by atoms with Gasteiger partial charge in [0.15, 0.2) is 0 Å². The van der Waals surface area contributed by atoms with E-state index >= 15 is 0 Å². The lowest BCUT2D eigenvalue weighted by molar-refractivity contribution is 0.165. The van der Waals surface area contributed by atoms with Gasteiger partial charge in [-0.2, -0.15) is 0 Å². The Morgan fingerprint density at radius 2 is 1.81 bits per heavy atom. The van der Waals surface area contributed by atoms with Crippen molar-refractivity contribution in [3.05, 3.63) is 47.8 Å². The van der Waals surface area contributed by atoms with Crippen molar-refractivity contribution in [2.24, 2.45) is 0 Å². The third-order valence-corrected chi connectivity index (χ3v) is 3.20. The van der Waals surface area contributed by atoms with Crippen LogP contribution in [0, 0.1) is 6.92 Å². The summed E-state index contributed by atoms with van der Waals surface area (Å²) in [7, 11) is 2.14. The molecule has 0 amide bonds. The second-order valence-electron chi connectivity index (χ2n) is 4.51. The largest absolute Gasteiger partial charge is 0.359 e. The van der Waals surface area contributed by atoms with Gasteiger partial charge in [0.1, 0.15) is 6.17 Å². The van der Waals surface area contributed by atoms with Gasteiger partial charge in [0, 0.05) is 26.0 Å². The number of rotatable bonds is 3. The normalized spacial score (nSPS) is 19.6. The van der Waals surface area contributed by atoms with E-state index in [-0.39, 0.29) is 0 Å². The average molecular weight is 216 g/mol. The first kappa shape index (κ1) is 11.1. The van der Waals surface area contributed by atoms with Crippen LogP contribution in [0.25, 0.3) is 0 Å². The van der Waals surface area contributed by atoms with Gasteiger partial charge in [-0.25, -0.2) is 0 Å². The zero-order valence-electron chi connectivity index (χ0n) is 10.4. The van der Waals surface area contributed by atoms with Gasteiger partial charge in [-0.05, 0) is 18.9 Å². The smallest absolute Gasteiger partial charge is 0.100 e. The minimum atomic E-state index is 0.515. The van der Waals surface area contributed by atoms with E-state index in [1.54, 1.807) is 0 Å². The molecule has 1 aromatic carbocycles. The van der Waals surface area contributed by atoms with Crippen LogP contribution in [-0.2, 0) is 6.54 Å². The summed E-state index contributed by atoms with van der Waals surface area (Å²) >= 11 is 0. The van der Waals surface area contributed by atoms with Gasteiger partial charge in [-0.15, -0.1) is 0 Å². The molecule has 1 aliphatic rings. The summed E-state index contributed by atoms with van der Waals surface area (Å²) in [5.74, 6) is 0. The summed E-state index contributed by atoms with van der Waals surface area (Å²) in [6.45, 7) is 5.36.